The first-order chi connectivity index (χ1) is 7.84. The number of alkyl halides is 3. The van der Waals surface area contributed by atoms with Crippen LogP contribution in [-0.2, 0) is 11.0 Å². The van der Waals surface area contributed by atoms with Gasteiger partial charge < -0.3 is 10.5 Å². The zero-order valence-corrected chi connectivity index (χ0v) is 8.91. The van der Waals surface area contributed by atoms with E-state index in [9.17, 15) is 18.0 Å². The molecule has 0 unspecified atom stereocenters. The lowest BCUT2D eigenvalue weighted by molar-refractivity contribution is -0.137. The van der Waals surface area contributed by atoms with Crippen LogP contribution in [0.5, 0.6) is 5.75 Å². The van der Waals surface area contributed by atoms with Crippen LogP contribution >= 0.6 is 0 Å². The standard InChI is InChI=1S/C11H10F3NO2/c1-17-9-6-8(11(12,13)14)4-2-7(9)3-5-10(15)16/h2-6H,1H3,(H2,15,16)/b5-3+. The summed E-state index contributed by atoms with van der Waals surface area (Å²) in [5.74, 6) is -0.663. The van der Waals surface area contributed by atoms with E-state index in [0.717, 1.165) is 18.2 Å². The van der Waals surface area contributed by atoms with Gasteiger partial charge in [0, 0.05) is 11.6 Å². The lowest BCUT2D eigenvalue weighted by atomic mass is 10.1. The predicted molar refractivity (Wildman–Crippen MR) is 56.2 cm³/mol. The number of ether oxygens (including phenoxy) is 1. The van der Waals surface area contributed by atoms with E-state index in [2.05, 4.69) is 0 Å². The summed E-state index contributed by atoms with van der Waals surface area (Å²) in [5.41, 5.74) is 4.42. The second-order valence-electron chi connectivity index (χ2n) is 3.19. The fourth-order valence-corrected chi connectivity index (χ4v) is 1.20. The molecule has 0 aliphatic rings. The van der Waals surface area contributed by atoms with Gasteiger partial charge in [-0.25, -0.2) is 0 Å². The van der Waals surface area contributed by atoms with Crippen LogP contribution in [0, 0.1) is 0 Å². The van der Waals surface area contributed by atoms with Crippen molar-refractivity contribution in [2.45, 2.75) is 6.18 Å². The zero-order valence-electron chi connectivity index (χ0n) is 8.91. The molecule has 3 nitrogen and oxygen atoms in total. The zero-order chi connectivity index (χ0) is 13.1. The highest BCUT2D eigenvalue weighted by Crippen LogP contribution is 2.33. The number of rotatable bonds is 3. The van der Waals surface area contributed by atoms with E-state index < -0.39 is 17.6 Å². The van der Waals surface area contributed by atoms with E-state index in [1.54, 1.807) is 0 Å². The van der Waals surface area contributed by atoms with Gasteiger partial charge in [-0.15, -0.1) is 0 Å². The normalized spacial score (nSPS) is 11.8. The van der Waals surface area contributed by atoms with Gasteiger partial charge in [-0.2, -0.15) is 13.2 Å². The molecule has 2 N–H and O–H groups in total. The fraction of sp³-hybridized carbons (Fsp3) is 0.182. The summed E-state index contributed by atoms with van der Waals surface area (Å²) in [6, 6.07) is 2.98. The number of carbonyl (C=O) groups excluding carboxylic acids is 1. The Labute approximate surface area is 95.7 Å². The van der Waals surface area contributed by atoms with E-state index in [0.29, 0.717) is 5.56 Å². The number of halogens is 3. The van der Waals surface area contributed by atoms with Crippen molar-refractivity contribution >= 4 is 12.0 Å². The van der Waals surface area contributed by atoms with Gasteiger partial charge in [-0.3, -0.25) is 4.79 Å². The molecule has 6 heteroatoms. The first-order valence-corrected chi connectivity index (χ1v) is 4.57. The molecule has 1 aromatic carbocycles. The smallest absolute Gasteiger partial charge is 0.416 e. The third-order valence-electron chi connectivity index (χ3n) is 1.99. The largest absolute Gasteiger partial charge is 0.496 e. The van der Waals surface area contributed by atoms with Crippen molar-refractivity contribution in [2.24, 2.45) is 5.73 Å². The van der Waals surface area contributed by atoms with Gasteiger partial charge in [0.25, 0.3) is 0 Å². The summed E-state index contributed by atoms with van der Waals surface area (Å²) in [4.78, 5) is 10.5. The summed E-state index contributed by atoms with van der Waals surface area (Å²) < 4.78 is 42.0. The molecular formula is C11H10F3NO2. The highest BCUT2D eigenvalue weighted by atomic mass is 19.4. The molecule has 0 aliphatic heterocycles. The van der Waals surface area contributed by atoms with E-state index in [4.69, 9.17) is 10.5 Å². The minimum Gasteiger partial charge on any atom is -0.496 e. The second kappa shape index (κ2) is 4.90. The number of nitrogens with two attached hydrogens (primary N) is 1. The molecule has 1 amide bonds. The van der Waals surface area contributed by atoms with Crippen LogP contribution in [0.4, 0.5) is 13.2 Å². The summed E-state index contributed by atoms with van der Waals surface area (Å²) >= 11 is 0. The molecule has 0 saturated heterocycles. The number of amides is 1. The minimum absolute atomic E-state index is 0.0253. The van der Waals surface area contributed by atoms with Crippen LogP contribution in [0.2, 0.25) is 0 Å². The van der Waals surface area contributed by atoms with Crippen molar-refractivity contribution in [2.75, 3.05) is 7.11 Å². The van der Waals surface area contributed by atoms with Crippen LogP contribution < -0.4 is 10.5 Å². The predicted octanol–water partition coefficient (Wildman–Crippen LogP) is 2.21. The molecule has 0 saturated carbocycles. The average Bonchev–Trinajstić information content (AvgIpc) is 2.24. The molecule has 0 spiro atoms. The molecule has 0 aromatic heterocycles. The van der Waals surface area contributed by atoms with E-state index in [1.165, 1.54) is 19.3 Å². The maximum Gasteiger partial charge on any atom is 0.416 e. The average molecular weight is 245 g/mol. The molecular weight excluding hydrogens is 235 g/mol. The van der Waals surface area contributed by atoms with Gasteiger partial charge in [0.1, 0.15) is 5.75 Å². The topological polar surface area (TPSA) is 52.3 Å². The van der Waals surface area contributed by atoms with Gasteiger partial charge in [0.15, 0.2) is 0 Å². The molecule has 0 heterocycles. The first kappa shape index (κ1) is 13.1. The maximum atomic E-state index is 12.4. The molecule has 0 bridgehead atoms. The van der Waals surface area contributed by atoms with E-state index in [1.807, 2.05) is 0 Å². The molecule has 1 aromatic rings. The SMILES string of the molecule is COc1cc(C(F)(F)F)ccc1/C=C/C(N)=O. The fourth-order valence-electron chi connectivity index (χ4n) is 1.20. The lowest BCUT2D eigenvalue weighted by Gasteiger charge is -2.10. The highest BCUT2D eigenvalue weighted by Gasteiger charge is 2.31. The summed E-state index contributed by atoms with van der Waals surface area (Å²) in [5, 5.41) is 0. The Balaban J connectivity index is 3.14. The molecule has 1 rings (SSSR count). The monoisotopic (exact) mass is 245 g/mol. The van der Waals surface area contributed by atoms with Gasteiger partial charge in [-0.1, -0.05) is 6.07 Å². The Morgan fingerprint density at radius 3 is 2.53 bits per heavy atom. The van der Waals surface area contributed by atoms with Crippen LogP contribution in [0.15, 0.2) is 24.3 Å². The molecule has 0 radical (unpaired) electrons. The number of hydrogen-bond acceptors (Lipinski definition) is 2. The molecule has 92 valence electrons. The Morgan fingerprint density at radius 1 is 1.41 bits per heavy atom. The van der Waals surface area contributed by atoms with Crippen LogP contribution in [-0.4, -0.2) is 13.0 Å². The van der Waals surface area contributed by atoms with Crippen molar-refractivity contribution < 1.29 is 22.7 Å². The number of methoxy groups -OCH3 is 1. The van der Waals surface area contributed by atoms with Gasteiger partial charge in [-0.05, 0) is 18.2 Å². The second-order valence-corrected chi connectivity index (χ2v) is 3.19. The summed E-state index contributed by atoms with van der Waals surface area (Å²) in [6.07, 6.45) is -2.09. The number of primary amides is 1. The summed E-state index contributed by atoms with van der Waals surface area (Å²) in [7, 11) is 1.25. The number of hydrogen-bond donors (Lipinski definition) is 1. The molecule has 0 fully saturated rings. The lowest BCUT2D eigenvalue weighted by Crippen LogP contribution is -2.06. The van der Waals surface area contributed by atoms with Crippen LogP contribution in [0.1, 0.15) is 11.1 Å². The maximum absolute atomic E-state index is 12.4. The molecule has 17 heavy (non-hydrogen) atoms. The van der Waals surface area contributed by atoms with Crippen molar-refractivity contribution in [3.05, 3.63) is 35.4 Å². The third kappa shape index (κ3) is 3.51. The Hall–Kier alpha value is -1.98. The van der Waals surface area contributed by atoms with Gasteiger partial charge >= 0.3 is 6.18 Å². The van der Waals surface area contributed by atoms with Gasteiger partial charge in [0.05, 0.1) is 12.7 Å². The van der Waals surface area contributed by atoms with Crippen molar-refractivity contribution in [1.82, 2.24) is 0 Å². The highest BCUT2D eigenvalue weighted by molar-refractivity contribution is 5.90. The van der Waals surface area contributed by atoms with Crippen molar-refractivity contribution in [1.29, 1.82) is 0 Å². The number of carbonyl (C=O) groups is 1. The quantitative estimate of drug-likeness (QED) is 0.830. The Morgan fingerprint density at radius 2 is 2.06 bits per heavy atom. The van der Waals surface area contributed by atoms with Crippen LogP contribution in [0.3, 0.4) is 0 Å². The molecule has 0 atom stereocenters. The van der Waals surface area contributed by atoms with Crippen LogP contribution in [0.25, 0.3) is 6.08 Å². The van der Waals surface area contributed by atoms with Gasteiger partial charge in [0.2, 0.25) is 5.91 Å². The van der Waals surface area contributed by atoms with E-state index >= 15 is 0 Å². The van der Waals surface area contributed by atoms with Crippen molar-refractivity contribution in [3.8, 4) is 5.75 Å². The summed E-state index contributed by atoms with van der Waals surface area (Å²) in [6.45, 7) is 0. The third-order valence-corrected chi connectivity index (χ3v) is 1.99. The first-order valence-electron chi connectivity index (χ1n) is 4.57. The van der Waals surface area contributed by atoms with E-state index in [-0.39, 0.29) is 5.75 Å². The van der Waals surface area contributed by atoms with Crippen molar-refractivity contribution in [3.63, 3.8) is 0 Å². The minimum atomic E-state index is -4.43. The molecule has 0 aliphatic carbocycles. The number of benzene rings is 1. The Bertz CT molecular complexity index is 453. The Kier molecular flexibility index (Phi) is 3.77.